The lowest BCUT2D eigenvalue weighted by Gasteiger charge is -2.14. The molecular weight excluding hydrogens is 182 g/mol. The van der Waals surface area contributed by atoms with E-state index in [-0.39, 0.29) is 6.54 Å². The Balaban J connectivity index is 3.59. The van der Waals surface area contributed by atoms with Crippen molar-refractivity contribution in [2.24, 2.45) is 11.8 Å². The summed E-state index contributed by atoms with van der Waals surface area (Å²) >= 11 is 0. The van der Waals surface area contributed by atoms with Crippen LogP contribution in [0.15, 0.2) is 0 Å². The second-order valence-electron chi connectivity index (χ2n) is 4.48. The van der Waals surface area contributed by atoms with Crippen LogP contribution in [0.5, 0.6) is 0 Å². The van der Waals surface area contributed by atoms with Gasteiger partial charge in [0.2, 0.25) is 6.54 Å². The van der Waals surface area contributed by atoms with E-state index in [9.17, 15) is 15.2 Å². The highest BCUT2D eigenvalue weighted by atomic mass is 16.6. The molecule has 0 aromatic rings. The lowest BCUT2D eigenvalue weighted by atomic mass is 9.94. The van der Waals surface area contributed by atoms with E-state index >= 15 is 0 Å². The third kappa shape index (κ3) is 7.98. The van der Waals surface area contributed by atoms with Crippen molar-refractivity contribution in [3.8, 4) is 0 Å². The summed E-state index contributed by atoms with van der Waals surface area (Å²) in [5, 5.41) is 19.4. The van der Waals surface area contributed by atoms with E-state index in [0.29, 0.717) is 18.3 Å². The van der Waals surface area contributed by atoms with Gasteiger partial charge in [-0.3, -0.25) is 10.1 Å². The lowest BCUT2D eigenvalue weighted by molar-refractivity contribution is -0.490. The van der Waals surface area contributed by atoms with Crippen LogP contribution < -0.4 is 0 Å². The van der Waals surface area contributed by atoms with Gasteiger partial charge in [-0.05, 0) is 18.3 Å². The first-order valence-corrected chi connectivity index (χ1v) is 5.21. The van der Waals surface area contributed by atoms with E-state index in [0.717, 1.165) is 12.8 Å². The first kappa shape index (κ1) is 13.4. The van der Waals surface area contributed by atoms with E-state index in [1.165, 1.54) is 0 Å². The molecule has 0 aliphatic heterocycles. The molecule has 2 unspecified atom stereocenters. The second-order valence-corrected chi connectivity index (χ2v) is 4.48. The van der Waals surface area contributed by atoms with Crippen molar-refractivity contribution < 1.29 is 10.0 Å². The average molecular weight is 203 g/mol. The fraction of sp³-hybridized carbons (Fsp3) is 1.00. The standard InChI is InChI=1S/C10H21NO3/c1-8(2)4-5-9(3)6-10(12)7-11(13)14/h8-10,12H,4-7H2,1-3H3. The van der Waals surface area contributed by atoms with Gasteiger partial charge >= 0.3 is 0 Å². The predicted molar refractivity (Wildman–Crippen MR) is 55.7 cm³/mol. The molecule has 1 N–H and O–H groups in total. The Kier molecular flexibility index (Phi) is 6.45. The van der Waals surface area contributed by atoms with Crippen LogP contribution in [0.25, 0.3) is 0 Å². The molecule has 84 valence electrons. The Hall–Kier alpha value is -0.640. The Labute approximate surface area is 85.5 Å². The molecule has 2 atom stereocenters. The molecule has 0 fully saturated rings. The molecular formula is C10H21NO3. The van der Waals surface area contributed by atoms with Crippen molar-refractivity contribution in [3.05, 3.63) is 10.1 Å². The molecule has 0 amide bonds. The SMILES string of the molecule is CC(C)CCC(C)CC(O)C[N+](=O)[O-]. The zero-order chi connectivity index (χ0) is 11.1. The summed E-state index contributed by atoms with van der Waals surface area (Å²) in [4.78, 5) is 9.64. The normalized spacial score (nSPS) is 15.5. The molecule has 0 rings (SSSR count). The Morgan fingerprint density at radius 3 is 2.29 bits per heavy atom. The molecule has 0 bridgehead atoms. The molecule has 0 saturated heterocycles. The highest BCUT2D eigenvalue weighted by Gasteiger charge is 2.15. The summed E-state index contributed by atoms with van der Waals surface area (Å²) < 4.78 is 0. The van der Waals surface area contributed by atoms with Gasteiger partial charge in [0.15, 0.2) is 0 Å². The average Bonchev–Trinajstić information content (AvgIpc) is 1.98. The van der Waals surface area contributed by atoms with E-state index in [4.69, 9.17) is 0 Å². The van der Waals surface area contributed by atoms with E-state index < -0.39 is 11.0 Å². The molecule has 0 aromatic carbocycles. The largest absolute Gasteiger partial charge is 0.386 e. The monoisotopic (exact) mass is 203 g/mol. The van der Waals surface area contributed by atoms with Crippen LogP contribution in [0.4, 0.5) is 0 Å². The number of rotatable bonds is 7. The van der Waals surface area contributed by atoms with Gasteiger partial charge in [0, 0.05) is 4.92 Å². The summed E-state index contributed by atoms with van der Waals surface area (Å²) in [6, 6.07) is 0. The minimum Gasteiger partial charge on any atom is -0.386 e. The maximum atomic E-state index is 10.1. The molecule has 0 aliphatic rings. The number of aliphatic hydroxyl groups excluding tert-OH is 1. The molecule has 0 aromatic heterocycles. The molecule has 0 aliphatic carbocycles. The number of hydrogen-bond acceptors (Lipinski definition) is 3. The summed E-state index contributed by atoms with van der Waals surface area (Å²) in [6.45, 7) is 6.01. The van der Waals surface area contributed by atoms with Gasteiger partial charge in [-0.2, -0.15) is 0 Å². The fourth-order valence-corrected chi connectivity index (χ4v) is 1.45. The number of nitrogens with zero attached hydrogens (tertiary/aromatic N) is 1. The Morgan fingerprint density at radius 2 is 1.86 bits per heavy atom. The maximum absolute atomic E-state index is 10.1. The molecule has 0 saturated carbocycles. The number of aliphatic hydroxyl groups is 1. The third-order valence-electron chi connectivity index (χ3n) is 2.27. The van der Waals surface area contributed by atoms with Crippen LogP contribution in [0.3, 0.4) is 0 Å². The van der Waals surface area contributed by atoms with Crippen LogP contribution in [0, 0.1) is 22.0 Å². The molecule has 0 spiro atoms. The quantitative estimate of drug-likeness (QED) is 0.509. The van der Waals surface area contributed by atoms with E-state index in [1.54, 1.807) is 0 Å². The summed E-state index contributed by atoms with van der Waals surface area (Å²) in [5.74, 6) is 1.03. The highest BCUT2D eigenvalue weighted by molar-refractivity contribution is 4.61. The topological polar surface area (TPSA) is 63.4 Å². The van der Waals surface area contributed by atoms with Gasteiger partial charge < -0.3 is 5.11 Å². The smallest absolute Gasteiger partial charge is 0.229 e. The van der Waals surface area contributed by atoms with Gasteiger partial charge in [-0.25, -0.2) is 0 Å². The molecule has 4 nitrogen and oxygen atoms in total. The van der Waals surface area contributed by atoms with Crippen molar-refractivity contribution in [1.29, 1.82) is 0 Å². The van der Waals surface area contributed by atoms with Crippen LogP contribution in [0.2, 0.25) is 0 Å². The molecule has 0 radical (unpaired) electrons. The summed E-state index contributed by atoms with van der Waals surface area (Å²) in [5.41, 5.74) is 0. The van der Waals surface area contributed by atoms with Crippen LogP contribution in [-0.4, -0.2) is 22.7 Å². The minimum absolute atomic E-state index is 0.327. The van der Waals surface area contributed by atoms with Gasteiger partial charge in [0.25, 0.3) is 0 Å². The van der Waals surface area contributed by atoms with Gasteiger partial charge in [0.1, 0.15) is 6.10 Å². The summed E-state index contributed by atoms with van der Waals surface area (Å²) in [6.07, 6.45) is 1.90. The minimum atomic E-state index is -0.785. The zero-order valence-electron chi connectivity index (χ0n) is 9.27. The number of hydrogen-bond donors (Lipinski definition) is 1. The third-order valence-corrected chi connectivity index (χ3v) is 2.27. The first-order chi connectivity index (χ1) is 6.41. The first-order valence-electron chi connectivity index (χ1n) is 5.21. The van der Waals surface area contributed by atoms with Gasteiger partial charge in [-0.15, -0.1) is 0 Å². The van der Waals surface area contributed by atoms with Crippen molar-refractivity contribution in [2.75, 3.05) is 6.54 Å². The molecule has 4 heteroatoms. The van der Waals surface area contributed by atoms with Crippen molar-refractivity contribution in [1.82, 2.24) is 0 Å². The molecule has 0 heterocycles. The predicted octanol–water partition coefficient (Wildman–Crippen LogP) is 2.09. The van der Waals surface area contributed by atoms with Gasteiger partial charge in [0.05, 0.1) is 0 Å². The lowest BCUT2D eigenvalue weighted by Crippen LogP contribution is -2.21. The zero-order valence-corrected chi connectivity index (χ0v) is 9.27. The Bertz CT molecular complexity index is 171. The van der Waals surface area contributed by atoms with Crippen LogP contribution >= 0.6 is 0 Å². The fourth-order valence-electron chi connectivity index (χ4n) is 1.45. The van der Waals surface area contributed by atoms with Crippen LogP contribution in [-0.2, 0) is 0 Å². The van der Waals surface area contributed by atoms with Crippen LogP contribution in [0.1, 0.15) is 40.0 Å². The second kappa shape index (κ2) is 6.76. The maximum Gasteiger partial charge on any atom is 0.229 e. The molecule has 14 heavy (non-hydrogen) atoms. The highest BCUT2D eigenvalue weighted by Crippen LogP contribution is 2.16. The van der Waals surface area contributed by atoms with Gasteiger partial charge in [-0.1, -0.05) is 33.6 Å². The van der Waals surface area contributed by atoms with Crippen molar-refractivity contribution >= 4 is 0 Å². The van der Waals surface area contributed by atoms with E-state index in [2.05, 4.69) is 13.8 Å². The van der Waals surface area contributed by atoms with Crippen molar-refractivity contribution in [3.63, 3.8) is 0 Å². The summed E-state index contributed by atoms with van der Waals surface area (Å²) in [7, 11) is 0. The number of nitro groups is 1. The van der Waals surface area contributed by atoms with Crippen molar-refractivity contribution in [2.45, 2.75) is 46.1 Å². The van der Waals surface area contributed by atoms with E-state index in [1.807, 2.05) is 6.92 Å². The Morgan fingerprint density at radius 1 is 1.29 bits per heavy atom.